The monoisotopic (exact) mass is 182 g/mol. The van der Waals surface area contributed by atoms with Crippen molar-refractivity contribution in [2.24, 2.45) is 7.05 Å². The van der Waals surface area contributed by atoms with Crippen LogP contribution in [0.25, 0.3) is 0 Å². The highest BCUT2D eigenvalue weighted by molar-refractivity contribution is 5.10. The Kier molecular flexibility index (Phi) is 2.00. The third-order valence-electron chi connectivity index (χ3n) is 2.42. The van der Waals surface area contributed by atoms with Gasteiger partial charge in [-0.2, -0.15) is 4.98 Å². The summed E-state index contributed by atoms with van der Waals surface area (Å²) in [6, 6.07) is 0. The van der Waals surface area contributed by atoms with Gasteiger partial charge in [-0.3, -0.25) is 0 Å². The second-order valence-corrected chi connectivity index (χ2v) is 3.58. The number of aromatic hydroxyl groups is 1. The molecule has 1 aliphatic heterocycles. The number of ether oxygens (including phenoxy) is 1. The van der Waals surface area contributed by atoms with Crippen molar-refractivity contribution in [2.75, 3.05) is 0 Å². The number of hydrogen-bond donors (Lipinski definition) is 1. The van der Waals surface area contributed by atoms with Gasteiger partial charge >= 0.3 is 0 Å². The summed E-state index contributed by atoms with van der Waals surface area (Å²) in [5.41, 5.74) is 0. The summed E-state index contributed by atoms with van der Waals surface area (Å²) in [5.74, 6) is 0.891. The predicted molar refractivity (Wildman–Crippen MR) is 47.4 cm³/mol. The molecule has 0 radical (unpaired) electrons. The van der Waals surface area contributed by atoms with E-state index in [-0.39, 0.29) is 12.0 Å². The zero-order chi connectivity index (χ0) is 9.42. The van der Waals surface area contributed by atoms with Crippen molar-refractivity contribution in [3.05, 3.63) is 12.0 Å². The van der Waals surface area contributed by atoms with Gasteiger partial charge in [0.15, 0.2) is 0 Å². The molecular weight excluding hydrogens is 168 g/mol. The lowest BCUT2D eigenvalue weighted by molar-refractivity contribution is 0.0486. The van der Waals surface area contributed by atoms with Gasteiger partial charge in [0.1, 0.15) is 11.9 Å². The van der Waals surface area contributed by atoms with E-state index in [0.29, 0.717) is 6.10 Å². The largest absolute Gasteiger partial charge is 0.492 e. The first-order valence-corrected chi connectivity index (χ1v) is 4.54. The maximum absolute atomic E-state index is 9.17. The Balaban J connectivity index is 2.20. The van der Waals surface area contributed by atoms with E-state index in [4.69, 9.17) is 4.74 Å². The van der Waals surface area contributed by atoms with Crippen LogP contribution in [0.3, 0.4) is 0 Å². The lowest BCUT2D eigenvalue weighted by atomic mass is 10.2. The van der Waals surface area contributed by atoms with Crippen LogP contribution < -0.4 is 0 Å². The summed E-state index contributed by atoms with van der Waals surface area (Å²) in [7, 11) is 1.87. The van der Waals surface area contributed by atoms with E-state index in [0.717, 1.165) is 18.7 Å². The second kappa shape index (κ2) is 3.03. The molecule has 72 valence electrons. The van der Waals surface area contributed by atoms with Crippen LogP contribution in [-0.4, -0.2) is 20.8 Å². The molecule has 2 heterocycles. The van der Waals surface area contributed by atoms with E-state index >= 15 is 0 Å². The van der Waals surface area contributed by atoms with E-state index in [1.54, 1.807) is 6.20 Å². The maximum atomic E-state index is 9.17. The van der Waals surface area contributed by atoms with Gasteiger partial charge < -0.3 is 14.4 Å². The Bertz CT molecular complexity index is 309. The molecule has 0 bridgehead atoms. The first-order chi connectivity index (χ1) is 6.16. The summed E-state index contributed by atoms with van der Waals surface area (Å²) in [6.07, 6.45) is 4.02. The zero-order valence-electron chi connectivity index (χ0n) is 7.90. The number of aromatic nitrogens is 2. The first kappa shape index (κ1) is 8.56. The van der Waals surface area contributed by atoms with Crippen molar-refractivity contribution in [3.63, 3.8) is 0 Å². The normalized spacial score (nSPS) is 28.2. The fourth-order valence-electron chi connectivity index (χ4n) is 1.76. The summed E-state index contributed by atoms with van der Waals surface area (Å²) in [4.78, 5) is 4.02. The SMILES string of the molecule is CC1CCC(c2nc(O)cn2C)O1. The van der Waals surface area contributed by atoms with E-state index in [1.807, 2.05) is 11.6 Å². The highest BCUT2D eigenvalue weighted by Crippen LogP contribution is 2.32. The third kappa shape index (κ3) is 1.54. The lowest BCUT2D eigenvalue weighted by Gasteiger charge is -2.09. The minimum Gasteiger partial charge on any atom is -0.492 e. The van der Waals surface area contributed by atoms with Gasteiger partial charge in [-0.05, 0) is 19.8 Å². The number of rotatable bonds is 1. The first-order valence-electron chi connectivity index (χ1n) is 4.54. The fourth-order valence-corrected chi connectivity index (χ4v) is 1.76. The van der Waals surface area contributed by atoms with Crippen LogP contribution >= 0.6 is 0 Å². The van der Waals surface area contributed by atoms with Crippen LogP contribution in [0.2, 0.25) is 0 Å². The van der Waals surface area contributed by atoms with Crippen molar-refractivity contribution in [3.8, 4) is 5.88 Å². The summed E-state index contributed by atoms with van der Waals surface area (Å²) in [6.45, 7) is 2.06. The predicted octanol–water partition coefficient (Wildman–Crippen LogP) is 1.37. The molecule has 0 spiro atoms. The zero-order valence-corrected chi connectivity index (χ0v) is 7.90. The smallest absolute Gasteiger partial charge is 0.229 e. The Morgan fingerprint density at radius 1 is 1.62 bits per heavy atom. The molecule has 0 aliphatic carbocycles. The maximum Gasteiger partial charge on any atom is 0.229 e. The number of aryl methyl sites for hydroxylation is 1. The molecule has 0 saturated carbocycles. The molecule has 1 aromatic rings. The van der Waals surface area contributed by atoms with Gasteiger partial charge in [0, 0.05) is 7.05 Å². The van der Waals surface area contributed by atoms with E-state index in [9.17, 15) is 5.11 Å². The van der Waals surface area contributed by atoms with Crippen LogP contribution in [0.4, 0.5) is 0 Å². The average Bonchev–Trinajstić information content (AvgIpc) is 2.58. The molecule has 2 unspecified atom stereocenters. The molecule has 0 aromatic carbocycles. The Hall–Kier alpha value is -1.03. The molecule has 4 heteroatoms. The third-order valence-corrected chi connectivity index (χ3v) is 2.42. The molecule has 1 aromatic heterocycles. The molecule has 13 heavy (non-hydrogen) atoms. The van der Waals surface area contributed by atoms with Gasteiger partial charge in [-0.1, -0.05) is 0 Å². The highest BCUT2D eigenvalue weighted by Gasteiger charge is 2.26. The van der Waals surface area contributed by atoms with Gasteiger partial charge in [0.05, 0.1) is 12.3 Å². The number of nitrogens with zero attached hydrogens (tertiary/aromatic N) is 2. The molecule has 1 aliphatic rings. The van der Waals surface area contributed by atoms with Gasteiger partial charge in [0.2, 0.25) is 5.88 Å². The molecule has 2 rings (SSSR count). The second-order valence-electron chi connectivity index (χ2n) is 3.58. The number of hydrogen-bond acceptors (Lipinski definition) is 3. The molecule has 4 nitrogen and oxygen atoms in total. The van der Waals surface area contributed by atoms with Crippen LogP contribution in [0.15, 0.2) is 6.20 Å². The summed E-state index contributed by atoms with van der Waals surface area (Å²) < 4.78 is 7.46. The minimum absolute atomic E-state index is 0.0564. The molecule has 1 N–H and O–H groups in total. The Morgan fingerprint density at radius 2 is 2.38 bits per heavy atom. The van der Waals surface area contributed by atoms with Crippen molar-refractivity contribution in [1.82, 2.24) is 9.55 Å². The van der Waals surface area contributed by atoms with Gasteiger partial charge in [-0.15, -0.1) is 0 Å². The van der Waals surface area contributed by atoms with E-state index < -0.39 is 0 Å². The quantitative estimate of drug-likeness (QED) is 0.713. The molecular formula is C9H14N2O2. The molecule has 1 saturated heterocycles. The van der Waals surface area contributed by atoms with Crippen LogP contribution in [0.5, 0.6) is 5.88 Å². The molecule has 2 atom stereocenters. The fraction of sp³-hybridized carbons (Fsp3) is 0.667. The van der Waals surface area contributed by atoms with Crippen molar-refractivity contribution in [1.29, 1.82) is 0 Å². The van der Waals surface area contributed by atoms with Crippen molar-refractivity contribution < 1.29 is 9.84 Å². The van der Waals surface area contributed by atoms with E-state index in [1.165, 1.54) is 0 Å². The minimum atomic E-state index is 0.0564. The standard InChI is InChI=1S/C9H14N2O2/c1-6-3-4-7(13-6)9-10-8(12)5-11(9)2/h5-7,12H,3-4H2,1-2H3. The van der Waals surface area contributed by atoms with Crippen molar-refractivity contribution >= 4 is 0 Å². The number of imidazole rings is 1. The van der Waals surface area contributed by atoms with E-state index in [2.05, 4.69) is 11.9 Å². The van der Waals surface area contributed by atoms with Crippen LogP contribution in [-0.2, 0) is 11.8 Å². The lowest BCUT2D eigenvalue weighted by Crippen LogP contribution is -2.06. The Labute approximate surface area is 77.2 Å². The molecule has 0 amide bonds. The molecule has 1 fully saturated rings. The average molecular weight is 182 g/mol. The van der Waals surface area contributed by atoms with Gasteiger partial charge in [0.25, 0.3) is 0 Å². The highest BCUT2D eigenvalue weighted by atomic mass is 16.5. The van der Waals surface area contributed by atoms with Gasteiger partial charge in [-0.25, -0.2) is 0 Å². The van der Waals surface area contributed by atoms with Crippen LogP contribution in [0.1, 0.15) is 31.7 Å². The van der Waals surface area contributed by atoms with Crippen molar-refractivity contribution in [2.45, 2.75) is 32.0 Å². The van der Waals surface area contributed by atoms with Crippen LogP contribution in [0, 0.1) is 0 Å². The topological polar surface area (TPSA) is 47.3 Å². The summed E-state index contributed by atoms with van der Waals surface area (Å²) in [5, 5.41) is 9.17. The summed E-state index contributed by atoms with van der Waals surface area (Å²) >= 11 is 0. The Morgan fingerprint density at radius 3 is 2.85 bits per heavy atom.